The van der Waals surface area contributed by atoms with Gasteiger partial charge in [0.15, 0.2) is 0 Å². The minimum Gasteiger partial charge on any atom is -0.302 e. The average Bonchev–Trinajstić information content (AvgIpc) is 3.07. The van der Waals surface area contributed by atoms with Crippen LogP contribution < -0.4 is 4.90 Å². The molecule has 2 bridgehead atoms. The summed E-state index contributed by atoms with van der Waals surface area (Å²) in [6.45, 7) is 2.06. The van der Waals surface area contributed by atoms with Crippen LogP contribution in [-0.4, -0.2) is 18.1 Å². The summed E-state index contributed by atoms with van der Waals surface area (Å²) < 4.78 is 0.827. The van der Waals surface area contributed by atoms with Crippen LogP contribution in [0.2, 0.25) is 0 Å². The van der Waals surface area contributed by atoms with E-state index in [2.05, 4.69) is 29.5 Å². The van der Waals surface area contributed by atoms with Crippen LogP contribution in [0.15, 0.2) is 72.8 Å². The molecule has 0 saturated carbocycles. The first kappa shape index (κ1) is 18.9. The van der Waals surface area contributed by atoms with Gasteiger partial charge in [-0.2, -0.15) is 0 Å². The summed E-state index contributed by atoms with van der Waals surface area (Å²) in [6.07, 6.45) is 0.908. The first-order chi connectivity index (χ1) is 15.0. The Kier molecular flexibility index (Phi) is 3.74. The molecule has 3 aliphatic carbocycles. The van der Waals surface area contributed by atoms with Crippen molar-refractivity contribution in [3.05, 3.63) is 98.6 Å². The Morgan fingerprint density at radius 2 is 1.26 bits per heavy atom. The summed E-state index contributed by atoms with van der Waals surface area (Å²) in [5, 5.41) is 0. The first-order valence-corrected chi connectivity index (χ1v) is 11.3. The largest absolute Gasteiger partial charge is 0.302 e. The van der Waals surface area contributed by atoms with Crippen molar-refractivity contribution in [2.75, 3.05) is 4.90 Å². The fraction of sp³-hybridized carbons (Fsp3) is 0.192. The highest BCUT2D eigenvalue weighted by Gasteiger charge is 2.72. The minimum absolute atomic E-state index is 0.225. The lowest BCUT2D eigenvalue weighted by atomic mass is 9.42. The van der Waals surface area contributed by atoms with Crippen LogP contribution in [0.3, 0.4) is 0 Å². The third-order valence-electron chi connectivity index (χ3n) is 7.56. The molecule has 1 heterocycles. The third-order valence-corrected chi connectivity index (χ3v) is 8.47. The van der Waals surface area contributed by atoms with E-state index in [9.17, 15) is 14.4 Å². The summed E-state index contributed by atoms with van der Waals surface area (Å²) in [7, 11) is 0. The molecule has 3 aromatic carbocycles. The number of para-hydroxylation sites is 1. The molecule has 0 aromatic heterocycles. The van der Waals surface area contributed by atoms with Crippen LogP contribution >= 0.6 is 22.6 Å². The van der Waals surface area contributed by atoms with Gasteiger partial charge in [-0.05, 0) is 57.0 Å². The van der Waals surface area contributed by atoms with Gasteiger partial charge in [-0.15, -0.1) is 0 Å². The van der Waals surface area contributed by atoms with Gasteiger partial charge in [-0.25, -0.2) is 4.90 Å². The number of nitrogens with zero attached hydrogens (tertiary/aromatic N) is 1. The van der Waals surface area contributed by atoms with Crippen molar-refractivity contribution in [1.29, 1.82) is 0 Å². The zero-order valence-electron chi connectivity index (χ0n) is 16.7. The number of carbonyl (C=O) groups excluding carboxylic acids is 3. The van der Waals surface area contributed by atoms with Gasteiger partial charge in [-0.1, -0.05) is 67.6 Å². The van der Waals surface area contributed by atoms with E-state index in [1.54, 1.807) is 6.07 Å². The molecule has 2 amide bonds. The second-order valence-corrected chi connectivity index (χ2v) is 9.86. The second kappa shape index (κ2) is 6.13. The molecule has 7 rings (SSSR count). The predicted octanol–water partition coefficient (Wildman–Crippen LogP) is 4.22. The second-order valence-electron chi connectivity index (χ2n) is 8.70. The molecule has 1 aliphatic heterocycles. The van der Waals surface area contributed by atoms with Crippen LogP contribution in [0.5, 0.6) is 0 Å². The van der Waals surface area contributed by atoms with Gasteiger partial charge in [0.2, 0.25) is 11.8 Å². The lowest BCUT2D eigenvalue weighted by Crippen LogP contribution is -2.61. The van der Waals surface area contributed by atoms with Crippen LogP contribution in [0.4, 0.5) is 5.69 Å². The average molecular weight is 519 g/mol. The number of aldehydes is 1. The Morgan fingerprint density at radius 3 is 1.81 bits per heavy atom. The molecule has 0 radical (unpaired) electrons. The van der Waals surface area contributed by atoms with Gasteiger partial charge in [0.1, 0.15) is 6.29 Å². The number of benzene rings is 3. The SMILES string of the molecule is CC12c3ccccc3C(C=O)(c3ccccc31)[C@@H]1C(=O)N(c3ccccc3I)C(=O)[C@@H]12. The molecule has 0 spiro atoms. The highest BCUT2D eigenvalue weighted by molar-refractivity contribution is 14.1. The molecule has 31 heavy (non-hydrogen) atoms. The number of hydrogen-bond donors (Lipinski definition) is 0. The number of carbonyl (C=O) groups is 3. The fourth-order valence-electron chi connectivity index (χ4n) is 6.33. The maximum absolute atomic E-state index is 14.0. The quantitative estimate of drug-likeness (QED) is 0.290. The molecule has 2 atom stereocenters. The maximum Gasteiger partial charge on any atom is 0.239 e. The summed E-state index contributed by atoms with van der Waals surface area (Å²) >= 11 is 2.15. The Labute approximate surface area is 193 Å². The molecule has 152 valence electrons. The van der Waals surface area contributed by atoms with Crippen LogP contribution in [-0.2, 0) is 25.2 Å². The highest BCUT2D eigenvalue weighted by Crippen LogP contribution is 2.66. The van der Waals surface area contributed by atoms with Crippen LogP contribution in [0.25, 0.3) is 0 Å². The van der Waals surface area contributed by atoms with Crippen molar-refractivity contribution in [2.45, 2.75) is 17.8 Å². The molecule has 4 nitrogen and oxygen atoms in total. The normalized spacial score (nSPS) is 30.1. The molecule has 0 N–H and O–H groups in total. The van der Waals surface area contributed by atoms with Gasteiger partial charge in [-0.3, -0.25) is 9.59 Å². The van der Waals surface area contributed by atoms with Gasteiger partial charge >= 0.3 is 0 Å². The molecule has 1 fully saturated rings. The Hall–Kier alpha value is -2.80. The van der Waals surface area contributed by atoms with Crippen molar-refractivity contribution < 1.29 is 14.4 Å². The number of anilines is 1. The smallest absolute Gasteiger partial charge is 0.239 e. The van der Waals surface area contributed by atoms with Crippen molar-refractivity contribution >= 4 is 46.4 Å². The lowest BCUT2D eigenvalue weighted by Gasteiger charge is -2.56. The third kappa shape index (κ3) is 1.99. The van der Waals surface area contributed by atoms with Crippen LogP contribution in [0.1, 0.15) is 29.2 Å². The zero-order valence-corrected chi connectivity index (χ0v) is 18.9. The lowest BCUT2D eigenvalue weighted by molar-refractivity contribution is -0.129. The van der Waals surface area contributed by atoms with Gasteiger partial charge < -0.3 is 4.79 Å². The number of halogens is 1. The van der Waals surface area contributed by atoms with Crippen LogP contribution in [0, 0.1) is 15.4 Å². The van der Waals surface area contributed by atoms with E-state index in [4.69, 9.17) is 0 Å². The van der Waals surface area contributed by atoms with E-state index in [1.165, 1.54) is 4.90 Å². The Morgan fingerprint density at radius 1 is 0.774 bits per heavy atom. The number of amides is 2. The Balaban J connectivity index is 1.71. The number of hydrogen-bond acceptors (Lipinski definition) is 3. The molecule has 3 aromatic rings. The van der Waals surface area contributed by atoms with Crippen molar-refractivity contribution in [2.24, 2.45) is 11.8 Å². The van der Waals surface area contributed by atoms with Gasteiger partial charge in [0.25, 0.3) is 0 Å². The molecule has 0 unspecified atom stereocenters. The zero-order chi connectivity index (χ0) is 21.5. The van der Waals surface area contributed by atoms with Gasteiger partial charge in [0, 0.05) is 8.99 Å². The van der Waals surface area contributed by atoms with E-state index in [0.717, 1.165) is 32.1 Å². The molecule has 4 aliphatic rings. The minimum atomic E-state index is -1.17. The monoisotopic (exact) mass is 519 g/mol. The number of rotatable bonds is 2. The molecule has 5 heteroatoms. The summed E-state index contributed by atoms with van der Waals surface area (Å²) in [5.41, 5.74) is 2.35. The standard InChI is InChI=1S/C26H18INO3/c1-25-15-8-2-4-10-17(15)26(14-29,18-11-5-3-9-16(18)25)22-21(25)23(30)28(24(22)31)20-13-7-6-12-19(20)27/h2-14,21-22H,1H3/t21-,22+,25?,26?/m1/s1. The van der Waals surface area contributed by atoms with E-state index >= 15 is 0 Å². The summed E-state index contributed by atoms with van der Waals surface area (Å²) in [6, 6.07) is 23.0. The number of imide groups is 1. The van der Waals surface area contributed by atoms with E-state index < -0.39 is 22.7 Å². The van der Waals surface area contributed by atoms with E-state index in [-0.39, 0.29) is 11.8 Å². The van der Waals surface area contributed by atoms with Crippen molar-refractivity contribution in [3.8, 4) is 0 Å². The summed E-state index contributed by atoms with van der Waals surface area (Å²) in [5.74, 6) is -1.91. The van der Waals surface area contributed by atoms with E-state index in [0.29, 0.717) is 5.69 Å². The highest BCUT2D eigenvalue weighted by atomic mass is 127. The Bertz CT molecular complexity index is 1270. The maximum atomic E-state index is 14.0. The fourth-order valence-corrected chi connectivity index (χ4v) is 6.96. The summed E-state index contributed by atoms with van der Waals surface area (Å²) in [4.78, 5) is 42.2. The van der Waals surface area contributed by atoms with Crippen molar-refractivity contribution in [1.82, 2.24) is 0 Å². The first-order valence-electron chi connectivity index (χ1n) is 10.3. The van der Waals surface area contributed by atoms with E-state index in [1.807, 2.05) is 66.7 Å². The predicted molar refractivity (Wildman–Crippen MR) is 125 cm³/mol. The molecular weight excluding hydrogens is 501 g/mol. The molecule has 1 saturated heterocycles. The molecular formula is C26H18INO3. The van der Waals surface area contributed by atoms with Gasteiger partial charge in [0.05, 0.1) is 22.9 Å². The van der Waals surface area contributed by atoms with Crippen molar-refractivity contribution in [3.63, 3.8) is 0 Å². The topological polar surface area (TPSA) is 54.5 Å².